The summed E-state index contributed by atoms with van der Waals surface area (Å²) in [5.41, 5.74) is 1.58. The maximum absolute atomic E-state index is 12.7. The Morgan fingerprint density at radius 1 is 1.26 bits per heavy atom. The first kappa shape index (κ1) is 15.9. The number of aliphatic carboxylic acids is 1. The highest BCUT2D eigenvalue weighted by Crippen LogP contribution is 2.32. The summed E-state index contributed by atoms with van der Waals surface area (Å²) in [5, 5.41) is 9.02. The van der Waals surface area contributed by atoms with Gasteiger partial charge in [0.05, 0.1) is 10.8 Å². The van der Waals surface area contributed by atoms with Crippen molar-refractivity contribution >= 4 is 27.6 Å². The summed E-state index contributed by atoms with van der Waals surface area (Å²) in [6, 6.07) is 4.79. The molecular formula is C15H18N2O5S. The number of nitrogens with zero attached hydrogens (tertiary/aromatic N) is 2. The largest absolute Gasteiger partial charge is 0.481 e. The average Bonchev–Trinajstić information content (AvgIpc) is 3.13. The van der Waals surface area contributed by atoms with Crippen molar-refractivity contribution in [3.05, 3.63) is 23.8 Å². The Morgan fingerprint density at radius 2 is 2.00 bits per heavy atom. The van der Waals surface area contributed by atoms with Crippen LogP contribution in [0.2, 0.25) is 0 Å². The Morgan fingerprint density at radius 3 is 2.61 bits per heavy atom. The van der Waals surface area contributed by atoms with Crippen molar-refractivity contribution in [2.45, 2.75) is 24.7 Å². The lowest BCUT2D eigenvalue weighted by Crippen LogP contribution is -2.30. The van der Waals surface area contributed by atoms with E-state index in [-0.39, 0.29) is 23.9 Å². The van der Waals surface area contributed by atoms with Crippen LogP contribution in [-0.4, -0.2) is 49.3 Å². The highest BCUT2D eigenvalue weighted by Gasteiger charge is 2.36. The van der Waals surface area contributed by atoms with E-state index in [4.69, 9.17) is 5.11 Å². The van der Waals surface area contributed by atoms with E-state index in [2.05, 4.69) is 0 Å². The standard InChI is InChI=1S/C15H18N2O5S/c1-10(18)17-7-5-11-2-3-13(8-14(11)17)23(21,22)16-6-4-12(9-16)15(19)20/h2-3,8,12H,4-7,9H2,1H3,(H,19,20). The van der Waals surface area contributed by atoms with Crippen LogP contribution in [0.4, 0.5) is 5.69 Å². The van der Waals surface area contributed by atoms with Crippen molar-refractivity contribution < 1.29 is 23.1 Å². The first-order valence-electron chi connectivity index (χ1n) is 7.44. The normalized spacial score (nSPS) is 21.4. The van der Waals surface area contributed by atoms with E-state index in [1.807, 2.05) is 0 Å². The maximum Gasteiger partial charge on any atom is 0.307 e. The molecule has 0 radical (unpaired) electrons. The van der Waals surface area contributed by atoms with Gasteiger partial charge < -0.3 is 10.0 Å². The van der Waals surface area contributed by atoms with Crippen LogP contribution in [0.25, 0.3) is 0 Å². The van der Waals surface area contributed by atoms with Crippen LogP contribution >= 0.6 is 0 Å². The van der Waals surface area contributed by atoms with Gasteiger partial charge in [0.2, 0.25) is 15.9 Å². The van der Waals surface area contributed by atoms with Gasteiger partial charge in [-0.15, -0.1) is 0 Å². The van der Waals surface area contributed by atoms with Crippen molar-refractivity contribution in [3.63, 3.8) is 0 Å². The number of anilines is 1. The molecule has 2 aliphatic rings. The molecule has 124 valence electrons. The number of fused-ring (bicyclic) bond motifs is 1. The zero-order chi connectivity index (χ0) is 16.8. The van der Waals surface area contributed by atoms with Gasteiger partial charge in [0, 0.05) is 32.2 Å². The zero-order valence-electron chi connectivity index (χ0n) is 12.7. The fourth-order valence-electron chi connectivity index (χ4n) is 3.14. The number of amides is 1. The molecule has 1 aromatic rings. The predicted octanol–water partition coefficient (Wildman–Crippen LogP) is 0.691. The minimum absolute atomic E-state index is 0.00876. The number of sulfonamides is 1. The fourth-order valence-corrected chi connectivity index (χ4v) is 4.66. The maximum atomic E-state index is 12.7. The molecule has 3 rings (SSSR count). The smallest absolute Gasteiger partial charge is 0.307 e. The minimum atomic E-state index is -3.74. The van der Waals surface area contributed by atoms with Crippen molar-refractivity contribution in [1.82, 2.24) is 4.31 Å². The highest BCUT2D eigenvalue weighted by molar-refractivity contribution is 7.89. The Bertz CT molecular complexity index is 774. The molecule has 0 spiro atoms. The summed E-state index contributed by atoms with van der Waals surface area (Å²) >= 11 is 0. The van der Waals surface area contributed by atoms with E-state index < -0.39 is 21.9 Å². The van der Waals surface area contributed by atoms with Crippen molar-refractivity contribution in [2.75, 3.05) is 24.5 Å². The first-order valence-corrected chi connectivity index (χ1v) is 8.88. The summed E-state index contributed by atoms with van der Waals surface area (Å²) in [6.07, 6.45) is 1.03. The molecule has 23 heavy (non-hydrogen) atoms. The lowest BCUT2D eigenvalue weighted by Gasteiger charge is -2.19. The highest BCUT2D eigenvalue weighted by atomic mass is 32.2. The van der Waals surface area contributed by atoms with E-state index in [0.29, 0.717) is 25.1 Å². The molecular weight excluding hydrogens is 320 g/mol. The van der Waals surface area contributed by atoms with Gasteiger partial charge in [-0.3, -0.25) is 9.59 Å². The van der Waals surface area contributed by atoms with Crippen LogP contribution < -0.4 is 4.90 Å². The van der Waals surface area contributed by atoms with Gasteiger partial charge in [-0.1, -0.05) is 6.07 Å². The molecule has 1 N–H and O–H groups in total. The van der Waals surface area contributed by atoms with Gasteiger partial charge >= 0.3 is 5.97 Å². The molecule has 0 aliphatic carbocycles. The van der Waals surface area contributed by atoms with Gasteiger partial charge in [-0.2, -0.15) is 4.31 Å². The third kappa shape index (κ3) is 2.72. The van der Waals surface area contributed by atoms with Crippen LogP contribution in [0.15, 0.2) is 23.1 Å². The van der Waals surface area contributed by atoms with E-state index >= 15 is 0 Å². The van der Waals surface area contributed by atoms with E-state index in [1.165, 1.54) is 23.4 Å². The predicted molar refractivity (Wildman–Crippen MR) is 82.7 cm³/mol. The van der Waals surface area contributed by atoms with Crippen molar-refractivity contribution in [1.29, 1.82) is 0 Å². The summed E-state index contributed by atoms with van der Waals surface area (Å²) < 4.78 is 26.6. The van der Waals surface area contributed by atoms with Crippen LogP contribution in [0.1, 0.15) is 18.9 Å². The molecule has 2 aliphatic heterocycles. The zero-order valence-corrected chi connectivity index (χ0v) is 13.5. The number of carboxylic acids is 1. The lowest BCUT2D eigenvalue weighted by molar-refractivity contribution is -0.141. The molecule has 1 fully saturated rings. The monoisotopic (exact) mass is 338 g/mol. The Labute approximate surface area is 134 Å². The molecule has 1 aromatic carbocycles. The molecule has 8 heteroatoms. The summed E-state index contributed by atoms with van der Waals surface area (Å²) in [4.78, 5) is 24.3. The van der Waals surface area contributed by atoms with Gasteiger partial charge in [0.15, 0.2) is 0 Å². The molecule has 2 heterocycles. The number of carbonyl (C=O) groups excluding carboxylic acids is 1. The van der Waals surface area contributed by atoms with E-state index in [9.17, 15) is 18.0 Å². The van der Waals surface area contributed by atoms with E-state index in [0.717, 1.165) is 5.56 Å². The third-order valence-electron chi connectivity index (χ3n) is 4.47. The molecule has 7 nitrogen and oxygen atoms in total. The molecule has 0 aromatic heterocycles. The summed E-state index contributed by atoms with van der Waals surface area (Å²) in [6.45, 7) is 2.20. The molecule has 1 unspecified atom stereocenters. The first-order chi connectivity index (χ1) is 10.8. The Balaban J connectivity index is 1.92. The number of hydrogen-bond acceptors (Lipinski definition) is 4. The second-order valence-electron chi connectivity index (χ2n) is 5.90. The number of carbonyl (C=O) groups is 2. The summed E-state index contributed by atoms with van der Waals surface area (Å²) in [5.74, 6) is -1.75. The molecule has 0 saturated carbocycles. The quantitative estimate of drug-likeness (QED) is 0.875. The number of rotatable bonds is 3. The van der Waals surface area contributed by atoms with Gasteiger partial charge in [0.25, 0.3) is 0 Å². The average molecular weight is 338 g/mol. The third-order valence-corrected chi connectivity index (χ3v) is 6.33. The molecule has 0 bridgehead atoms. The van der Waals surface area contributed by atoms with Gasteiger partial charge in [0.1, 0.15) is 0 Å². The van der Waals surface area contributed by atoms with Gasteiger partial charge in [-0.25, -0.2) is 8.42 Å². The second-order valence-corrected chi connectivity index (χ2v) is 7.84. The minimum Gasteiger partial charge on any atom is -0.481 e. The molecule has 1 atom stereocenters. The molecule has 1 saturated heterocycles. The fraction of sp³-hybridized carbons (Fsp3) is 0.467. The number of carboxylic acid groups (broad SMARTS) is 1. The van der Waals surface area contributed by atoms with E-state index in [1.54, 1.807) is 11.0 Å². The van der Waals surface area contributed by atoms with Gasteiger partial charge in [-0.05, 0) is 30.5 Å². The van der Waals surface area contributed by atoms with Crippen LogP contribution in [0.3, 0.4) is 0 Å². The van der Waals surface area contributed by atoms with Crippen molar-refractivity contribution in [3.8, 4) is 0 Å². The van der Waals surface area contributed by atoms with Crippen LogP contribution in [0, 0.1) is 5.92 Å². The van der Waals surface area contributed by atoms with Crippen LogP contribution in [0.5, 0.6) is 0 Å². The summed E-state index contributed by atoms with van der Waals surface area (Å²) in [7, 11) is -3.74. The number of hydrogen-bond donors (Lipinski definition) is 1. The Hall–Kier alpha value is -1.93. The second kappa shape index (κ2) is 5.61. The Kier molecular flexibility index (Phi) is 3.89. The van der Waals surface area contributed by atoms with Crippen molar-refractivity contribution in [2.24, 2.45) is 5.92 Å². The topological polar surface area (TPSA) is 95.0 Å². The number of benzene rings is 1. The van der Waals surface area contributed by atoms with Crippen LogP contribution in [-0.2, 0) is 26.0 Å². The molecule has 1 amide bonds. The SMILES string of the molecule is CC(=O)N1CCc2ccc(S(=O)(=O)N3CCC(C(=O)O)C3)cc21. The lowest BCUT2D eigenvalue weighted by atomic mass is 10.1.